The van der Waals surface area contributed by atoms with E-state index in [1.807, 2.05) is 0 Å². The molecule has 2 aromatic rings. The number of benzene rings is 2. The molecule has 2 aromatic carbocycles. The molecular weight excluding hydrogens is 521 g/mol. The van der Waals surface area contributed by atoms with Gasteiger partial charge in [-0.05, 0) is 60.7 Å². The number of carbonyl (C=O) groups is 5. The molecule has 0 unspecified atom stereocenters. The fraction of sp³-hybridized carbons (Fsp3) is 0.346. The molecule has 5 rings (SSSR count). The number of amides is 4. The van der Waals surface area contributed by atoms with Crippen molar-refractivity contribution in [2.24, 2.45) is 23.7 Å². The second kappa shape index (κ2) is 9.79. The van der Waals surface area contributed by atoms with E-state index < -0.39 is 30.3 Å². The van der Waals surface area contributed by atoms with E-state index in [-0.39, 0.29) is 51.6 Å². The molecule has 1 saturated heterocycles. The first-order valence-electron chi connectivity index (χ1n) is 11.8. The van der Waals surface area contributed by atoms with Gasteiger partial charge in [0.15, 0.2) is 6.61 Å². The van der Waals surface area contributed by atoms with Gasteiger partial charge in [-0.3, -0.25) is 24.1 Å². The third kappa shape index (κ3) is 4.57. The van der Waals surface area contributed by atoms with E-state index in [1.54, 1.807) is 36.4 Å². The highest BCUT2D eigenvalue weighted by Gasteiger charge is 2.66. The van der Waals surface area contributed by atoms with Crippen LogP contribution >= 0.6 is 23.2 Å². The van der Waals surface area contributed by atoms with E-state index in [4.69, 9.17) is 27.9 Å². The van der Waals surface area contributed by atoms with Crippen LogP contribution in [0, 0.1) is 23.7 Å². The van der Waals surface area contributed by atoms with Gasteiger partial charge in [0.05, 0.1) is 33.8 Å². The first-order chi connectivity index (χ1) is 17.7. The number of fused-ring (bicyclic) bond motifs is 5. The van der Waals surface area contributed by atoms with E-state index in [0.29, 0.717) is 17.8 Å². The van der Waals surface area contributed by atoms with Crippen molar-refractivity contribution in [3.63, 3.8) is 0 Å². The van der Waals surface area contributed by atoms with Crippen molar-refractivity contribution in [1.82, 2.24) is 0 Å². The molecule has 3 aliphatic rings. The Morgan fingerprint density at radius 2 is 1.49 bits per heavy atom. The number of rotatable bonds is 6. The van der Waals surface area contributed by atoms with E-state index in [1.165, 1.54) is 19.1 Å². The lowest BCUT2D eigenvalue weighted by Gasteiger charge is -2.28. The summed E-state index contributed by atoms with van der Waals surface area (Å²) in [7, 11) is 0. The molecule has 0 radical (unpaired) electrons. The summed E-state index contributed by atoms with van der Waals surface area (Å²) in [5.41, 5.74) is 1.39. The molecule has 192 valence electrons. The molecule has 11 heteroatoms. The van der Waals surface area contributed by atoms with Gasteiger partial charge in [0, 0.05) is 18.3 Å². The number of ether oxygens (including phenoxy) is 1. The molecule has 1 heterocycles. The topological polar surface area (TPSA) is 122 Å². The minimum Gasteiger partial charge on any atom is -0.452 e. The highest BCUT2D eigenvalue weighted by molar-refractivity contribution is 6.32. The van der Waals surface area contributed by atoms with Crippen LogP contribution in [0.3, 0.4) is 0 Å². The molecule has 0 spiro atoms. The SMILES string of the molecule is CC(=O)Nc1ccc(NC(=O)COC(=O)c2cccc(N3C(=O)[C@@H]4[C@H]5C[C@@H]([C@H](Cl)[C@H]5Cl)[C@@H]4C3=O)c2)cc1. The zero-order chi connectivity index (χ0) is 26.4. The predicted molar refractivity (Wildman–Crippen MR) is 136 cm³/mol. The number of anilines is 3. The summed E-state index contributed by atoms with van der Waals surface area (Å²) in [6, 6.07) is 12.4. The van der Waals surface area contributed by atoms with Crippen molar-refractivity contribution < 1.29 is 28.7 Å². The number of nitrogens with zero attached hydrogens (tertiary/aromatic N) is 1. The average Bonchev–Trinajstić information content (AvgIpc) is 3.48. The van der Waals surface area contributed by atoms with E-state index in [2.05, 4.69) is 10.6 Å². The Bertz CT molecular complexity index is 1270. The maximum absolute atomic E-state index is 13.2. The molecule has 4 amide bonds. The minimum absolute atomic E-state index is 0.0935. The number of hydrogen-bond donors (Lipinski definition) is 2. The van der Waals surface area contributed by atoms with Crippen LogP contribution in [0.15, 0.2) is 48.5 Å². The maximum atomic E-state index is 13.2. The Labute approximate surface area is 222 Å². The fourth-order valence-electron chi connectivity index (χ4n) is 5.63. The first-order valence-corrected chi connectivity index (χ1v) is 12.6. The van der Waals surface area contributed by atoms with Gasteiger partial charge >= 0.3 is 5.97 Å². The lowest BCUT2D eigenvalue weighted by atomic mass is 9.80. The molecule has 1 aliphatic heterocycles. The highest BCUT2D eigenvalue weighted by Crippen LogP contribution is 2.59. The Balaban J connectivity index is 1.21. The van der Waals surface area contributed by atoms with Crippen molar-refractivity contribution >= 4 is 69.9 Å². The lowest BCUT2D eigenvalue weighted by Crippen LogP contribution is -2.37. The van der Waals surface area contributed by atoms with Crippen LogP contribution in [0.5, 0.6) is 0 Å². The summed E-state index contributed by atoms with van der Waals surface area (Å²) < 4.78 is 5.13. The third-order valence-corrected chi connectivity index (χ3v) is 8.47. The summed E-state index contributed by atoms with van der Waals surface area (Å²) in [6.45, 7) is 0.847. The molecule has 2 bridgehead atoms. The van der Waals surface area contributed by atoms with Crippen molar-refractivity contribution in [2.75, 3.05) is 22.1 Å². The number of nitrogens with one attached hydrogen (secondary N) is 2. The Morgan fingerprint density at radius 1 is 0.919 bits per heavy atom. The van der Waals surface area contributed by atoms with Crippen LogP contribution in [0.2, 0.25) is 0 Å². The summed E-state index contributed by atoms with van der Waals surface area (Å²) in [4.78, 5) is 63.4. The van der Waals surface area contributed by atoms with Crippen molar-refractivity contribution in [3.05, 3.63) is 54.1 Å². The van der Waals surface area contributed by atoms with Crippen LogP contribution in [-0.4, -0.2) is 47.0 Å². The second-order valence-corrected chi connectivity index (χ2v) is 10.5. The van der Waals surface area contributed by atoms with E-state index in [9.17, 15) is 24.0 Å². The second-order valence-electron chi connectivity index (χ2n) is 9.45. The molecule has 3 fully saturated rings. The molecular formula is C26H23Cl2N3O6. The minimum atomic E-state index is -0.779. The summed E-state index contributed by atoms with van der Waals surface area (Å²) in [5, 5.41) is 4.50. The number of imide groups is 1. The molecule has 2 aliphatic carbocycles. The zero-order valence-corrected chi connectivity index (χ0v) is 21.2. The Kier molecular flexibility index (Phi) is 6.68. The smallest absolute Gasteiger partial charge is 0.338 e. The van der Waals surface area contributed by atoms with Crippen molar-refractivity contribution in [2.45, 2.75) is 24.1 Å². The largest absolute Gasteiger partial charge is 0.452 e. The van der Waals surface area contributed by atoms with Crippen LogP contribution < -0.4 is 15.5 Å². The number of carbonyl (C=O) groups excluding carboxylic acids is 5. The van der Waals surface area contributed by atoms with Gasteiger partial charge in [0.25, 0.3) is 5.91 Å². The predicted octanol–water partition coefficient (Wildman–Crippen LogP) is 3.41. The molecule has 2 N–H and O–H groups in total. The number of hydrogen-bond acceptors (Lipinski definition) is 6. The lowest BCUT2D eigenvalue weighted by molar-refractivity contribution is -0.123. The number of halogens is 2. The standard InChI is InChI=1S/C26H23Cl2N3O6/c1-12(32)29-14-5-7-15(8-6-14)30-19(33)11-37-26(36)13-3-2-4-16(9-13)31-24(34)20-17-10-18(21(20)25(31)35)23(28)22(17)27/h2-9,17-18,20-23H,10-11H2,1H3,(H,29,32)(H,30,33)/t17-,18-,20-,21+,22+,23+/m1/s1. The van der Waals surface area contributed by atoms with Gasteiger partial charge in [-0.25, -0.2) is 4.79 Å². The first kappa shape index (κ1) is 25.2. The van der Waals surface area contributed by atoms with E-state index >= 15 is 0 Å². The van der Waals surface area contributed by atoms with Crippen LogP contribution in [0.25, 0.3) is 0 Å². The number of esters is 1. The number of alkyl halides is 2. The summed E-state index contributed by atoms with van der Waals surface area (Å²) in [6.07, 6.45) is 0.664. The molecule has 6 atom stereocenters. The molecule has 37 heavy (non-hydrogen) atoms. The maximum Gasteiger partial charge on any atom is 0.338 e. The molecule has 9 nitrogen and oxygen atoms in total. The van der Waals surface area contributed by atoms with Gasteiger partial charge < -0.3 is 15.4 Å². The summed E-state index contributed by atoms with van der Waals surface area (Å²) >= 11 is 12.8. The van der Waals surface area contributed by atoms with Gasteiger partial charge in [-0.2, -0.15) is 0 Å². The van der Waals surface area contributed by atoms with Gasteiger partial charge in [-0.15, -0.1) is 23.2 Å². The van der Waals surface area contributed by atoms with Crippen LogP contribution in [-0.2, 0) is 23.9 Å². The molecule has 2 saturated carbocycles. The van der Waals surface area contributed by atoms with Crippen LogP contribution in [0.1, 0.15) is 23.7 Å². The van der Waals surface area contributed by atoms with Gasteiger partial charge in [-0.1, -0.05) is 6.07 Å². The quantitative estimate of drug-likeness (QED) is 0.327. The van der Waals surface area contributed by atoms with E-state index in [0.717, 1.165) is 4.90 Å². The van der Waals surface area contributed by atoms with Crippen molar-refractivity contribution in [3.8, 4) is 0 Å². The highest BCUT2D eigenvalue weighted by atomic mass is 35.5. The summed E-state index contributed by atoms with van der Waals surface area (Å²) in [5.74, 6) is -3.49. The fourth-order valence-corrected chi connectivity index (χ4v) is 6.52. The average molecular weight is 544 g/mol. The normalized spacial score (nSPS) is 27.7. The van der Waals surface area contributed by atoms with Crippen LogP contribution in [0.4, 0.5) is 17.1 Å². The Morgan fingerprint density at radius 3 is 2.05 bits per heavy atom. The third-order valence-electron chi connectivity index (χ3n) is 7.15. The molecule has 0 aromatic heterocycles. The van der Waals surface area contributed by atoms with Crippen molar-refractivity contribution in [1.29, 1.82) is 0 Å². The Hall–Kier alpha value is -3.43. The zero-order valence-electron chi connectivity index (χ0n) is 19.6. The van der Waals surface area contributed by atoms with Gasteiger partial charge in [0.1, 0.15) is 0 Å². The van der Waals surface area contributed by atoms with Gasteiger partial charge in [0.2, 0.25) is 17.7 Å². The monoisotopic (exact) mass is 543 g/mol.